The fraction of sp³-hybridized carbons (Fsp3) is 0.839. The Bertz CT molecular complexity index is 941. The van der Waals surface area contributed by atoms with E-state index in [1.807, 2.05) is 6.08 Å². The van der Waals surface area contributed by atoms with Gasteiger partial charge in [-0.1, -0.05) is 30.6 Å². The Morgan fingerprint density at radius 3 is 2.89 bits per heavy atom. The first-order valence-corrected chi connectivity index (χ1v) is 14.9. The predicted molar refractivity (Wildman–Crippen MR) is 141 cm³/mol. The van der Waals surface area contributed by atoms with Crippen LogP contribution in [0.25, 0.3) is 0 Å². The smallest absolute Gasteiger partial charge is 0.155 e. The third-order valence-electron chi connectivity index (χ3n) is 11.7. The Hall–Kier alpha value is -1.01. The lowest BCUT2D eigenvalue weighted by atomic mass is 9.56. The normalized spacial score (nSPS) is 44.7. The Kier molecular flexibility index (Phi) is 6.76. The summed E-state index contributed by atoms with van der Waals surface area (Å²) in [7, 11) is 0. The molecule has 0 amide bonds. The van der Waals surface area contributed by atoms with Crippen molar-refractivity contribution >= 4 is 5.78 Å². The van der Waals surface area contributed by atoms with Gasteiger partial charge < -0.3 is 14.6 Å². The summed E-state index contributed by atoms with van der Waals surface area (Å²) in [5.41, 5.74) is 5.06. The predicted octanol–water partition coefficient (Wildman–Crippen LogP) is 5.08. The maximum atomic E-state index is 12.2. The van der Waals surface area contributed by atoms with Crippen LogP contribution >= 0.6 is 0 Å². The van der Waals surface area contributed by atoms with Crippen LogP contribution in [0.3, 0.4) is 0 Å². The van der Waals surface area contributed by atoms with Gasteiger partial charge in [-0.15, -0.1) is 0 Å². The zero-order valence-corrected chi connectivity index (χ0v) is 22.8. The number of carbonyl (C=O) groups excluding carboxylic acids is 1. The molecule has 5 heteroatoms. The number of hydrogen-bond donors (Lipinski definition) is 1. The van der Waals surface area contributed by atoms with E-state index in [0.29, 0.717) is 48.9 Å². The molecule has 2 heterocycles. The van der Waals surface area contributed by atoms with E-state index in [0.717, 1.165) is 44.7 Å². The molecule has 2 saturated carbocycles. The van der Waals surface area contributed by atoms with Gasteiger partial charge in [0.05, 0.1) is 31.5 Å². The average molecular weight is 498 g/mol. The van der Waals surface area contributed by atoms with Crippen molar-refractivity contribution in [2.24, 2.45) is 29.1 Å². The molecule has 36 heavy (non-hydrogen) atoms. The molecule has 6 aliphatic rings. The molecule has 8 unspecified atom stereocenters. The van der Waals surface area contributed by atoms with Gasteiger partial charge in [-0.2, -0.15) is 0 Å². The standard InChI is InChI=1S/C31H47NO4/c1-20-19-31(21(2)29-28(36-31)5-4-12-32(29)13-15-35-16-14-33)11-9-24-25-7-6-22-17-23(34)8-10-30(22,3)27(25)18-26(20)24/h17,21,24-25,27-29,33H,4-16,18-19H2,1-3H3. The van der Waals surface area contributed by atoms with E-state index in [1.165, 1.54) is 44.1 Å². The van der Waals surface area contributed by atoms with Crippen LogP contribution in [0.5, 0.6) is 0 Å². The Labute approximate surface area is 217 Å². The summed E-state index contributed by atoms with van der Waals surface area (Å²) in [5, 5.41) is 9.06. The number of fused-ring (bicyclic) bond motifs is 6. The molecule has 1 spiro atoms. The highest BCUT2D eigenvalue weighted by Gasteiger charge is 2.58. The molecular weight excluding hydrogens is 450 g/mol. The number of ether oxygens (including phenoxy) is 2. The number of aliphatic hydroxyl groups excluding tert-OH is 1. The zero-order valence-electron chi connectivity index (χ0n) is 22.8. The highest BCUT2D eigenvalue weighted by atomic mass is 16.5. The zero-order chi connectivity index (χ0) is 25.1. The molecule has 0 radical (unpaired) electrons. The Balaban J connectivity index is 1.22. The number of aliphatic hydroxyl groups is 1. The highest BCUT2D eigenvalue weighted by Crippen LogP contribution is 2.64. The first kappa shape index (κ1) is 25.3. The van der Waals surface area contributed by atoms with E-state index in [9.17, 15) is 4.79 Å². The van der Waals surface area contributed by atoms with E-state index >= 15 is 0 Å². The molecule has 4 fully saturated rings. The van der Waals surface area contributed by atoms with E-state index in [1.54, 1.807) is 11.1 Å². The van der Waals surface area contributed by atoms with Crippen molar-refractivity contribution in [2.45, 2.75) is 103 Å². The fourth-order valence-corrected chi connectivity index (χ4v) is 9.82. The molecule has 2 saturated heterocycles. The van der Waals surface area contributed by atoms with Crippen molar-refractivity contribution in [3.8, 4) is 0 Å². The molecule has 0 aromatic heterocycles. The third-order valence-corrected chi connectivity index (χ3v) is 11.7. The number of allylic oxidation sites excluding steroid dienone is 3. The van der Waals surface area contributed by atoms with Crippen molar-refractivity contribution in [3.63, 3.8) is 0 Å². The van der Waals surface area contributed by atoms with E-state index in [-0.39, 0.29) is 17.6 Å². The van der Waals surface area contributed by atoms with E-state index in [2.05, 4.69) is 25.7 Å². The monoisotopic (exact) mass is 497 g/mol. The molecule has 4 aliphatic carbocycles. The molecule has 8 atom stereocenters. The van der Waals surface area contributed by atoms with Gasteiger partial charge in [0.25, 0.3) is 0 Å². The lowest BCUT2D eigenvalue weighted by Crippen LogP contribution is -2.50. The summed E-state index contributed by atoms with van der Waals surface area (Å²) in [6, 6.07) is 0.487. The van der Waals surface area contributed by atoms with Gasteiger partial charge >= 0.3 is 0 Å². The quantitative estimate of drug-likeness (QED) is 0.424. The van der Waals surface area contributed by atoms with Gasteiger partial charge in [0.2, 0.25) is 0 Å². The summed E-state index contributed by atoms with van der Waals surface area (Å²) in [4.78, 5) is 14.8. The number of likely N-dealkylation sites (tertiary alicyclic amines) is 1. The molecular formula is C31H47NO4. The molecule has 0 bridgehead atoms. The number of rotatable bonds is 5. The fourth-order valence-electron chi connectivity index (χ4n) is 9.82. The van der Waals surface area contributed by atoms with Crippen molar-refractivity contribution in [2.75, 3.05) is 32.9 Å². The lowest BCUT2D eigenvalue weighted by molar-refractivity contribution is -0.116. The summed E-state index contributed by atoms with van der Waals surface area (Å²) in [6.45, 7) is 10.7. The molecule has 6 rings (SSSR count). The molecule has 0 aromatic carbocycles. The largest absolute Gasteiger partial charge is 0.394 e. The maximum Gasteiger partial charge on any atom is 0.155 e. The van der Waals surface area contributed by atoms with Gasteiger partial charge in [0.1, 0.15) is 0 Å². The number of nitrogens with zero attached hydrogens (tertiary/aromatic N) is 1. The third kappa shape index (κ3) is 3.99. The van der Waals surface area contributed by atoms with Crippen LogP contribution in [-0.4, -0.2) is 66.4 Å². The van der Waals surface area contributed by atoms with Crippen LogP contribution in [0, 0.1) is 29.1 Å². The summed E-state index contributed by atoms with van der Waals surface area (Å²) in [5.74, 6) is 3.09. The van der Waals surface area contributed by atoms with Crippen LogP contribution in [0.4, 0.5) is 0 Å². The summed E-state index contributed by atoms with van der Waals surface area (Å²) >= 11 is 0. The Morgan fingerprint density at radius 1 is 1.19 bits per heavy atom. The average Bonchev–Trinajstić information content (AvgIpc) is 3.33. The SMILES string of the molecule is CC1=C2CC3C(CCC4=CC(=O)CCC43C)C2CCC2(C1)OC1CCCN(CCOCCO)C1C2C. The van der Waals surface area contributed by atoms with E-state index < -0.39 is 0 Å². The van der Waals surface area contributed by atoms with Gasteiger partial charge in [-0.05, 0) is 101 Å². The molecule has 200 valence electrons. The van der Waals surface area contributed by atoms with Crippen LogP contribution in [0.1, 0.15) is 85.0 Å². The second kappa shape index (κ2) is 9.63. The number of carbonyl (C=O) groups is 1. The molecule has 1 N–H and O–H groups in total. The molecule has 0 aromatic rings. The first-order chi connectivity index (χ1) is 17.4. The van der Waals surface area contributed by atoms with E-state index in [4.69, 9.17) is 14.6 Å². The van der Waals surface area contributed by atoms with Gasteiger partial charge in [-0.3, -0.25) is 9.69 Å². The highest BCUT2D eigenvalue weighted by molar-refractivity contribution is 5.91. The van der Waals surface area contributed by atoms with Crippen LogP contribution in [0.2, 0.25) is 0 Å². The lowest BCUT2D eigenvalue weighted by Gasteiger charge is -2.48. The topological polar surface area (TPSA) is 59.0 Å². The van der Waals surface area contributed by atoms with Crippen LogP contribution in [0.15, 0.2) is 22.8 Å². The minimum atomic E-state index is -0.0261. The van der Waals surface area contributed by atoms with Crippen molar-refractivity contribution < 1.29 is 19.4 Å². The second-order valence-corrected chi connectivity index (χ2v) is 13.2. The van der Waals surface area contributed by atoms with Crippen molar-refractivity contribution in [1.29, 1.82) is 0 Å². The minimum Gasteiger partial charge on any atom is -0.394 e. The number of hydrogen-bond acceptors (Lipinski definition) is 5. The Morgan fingerprint density at radius 2 is 2.06 bits per heavy atom. The van der Waals surface area contributed by atoms with Gasteiger partial charge in [-0.25, -0.2) is 0 Å². The summed E-state index contributed by atoms with van der Waals surface area (Å²) in [6.07, 6.45) is 13.7. The van der Waals surface area contributed by atoms with Crippen LogP contribution in [-0.2, 0) is 14.3 Å². The van der Waals surface area contributed by atoms with Gasteiger partial charge in [0.15, 0.2) is 5.78 Å². The molecule has 2 aliphatic heterocycles. The maximum absolute atomic E-state index is 12.2. The first-order valence-electron chi connectivity index (χ1n) is 14.9. The number of piperidine rings is 1. The number of ketones is 1. The van der Waals surface area contributed by atoms with Crippen LogP contribution < -0.4 is 0 Å². The second-order valence-electron chi connectivity index (χ2n) is 13.2. The summed E-state index contributed by atoms with van der Waals surface area (Å²) < 4.78 is 12.8. The van der Waals surface area contributed by atoms with Gasteiger partial charge in [0, 0.05) is 24.9 Å². The minimum absolute atomic E-state index is 0.0261. The van der Waals surface area contributed by atoms with Crippen molar-refractivity contribution in [3.05, 3.63) is 22.8 Å². The molecule has 5 nitrogen and oxygen atoms in total. The van der Waals surface area contributed by atoms with Crippen molar-refractivity contribution in [1.82, 2.24) is 4.90 Å².